The van der Waals surface area contributed by atoms with Gasteiger partial charge in [-0.1, -0.05) is 30.5 Å². The number of hydrogen-bond acceptors (Lipinski definition) is 2. The predicted molar refractivity (Wildman–Crippen MR) is 60.7 cm³/mol. The average molecular weight is 257 g/mol. The summed E-state index contributed by atoms with van der Waals surface area (Å²) in [4.78, 5) is 10.6. The molecule has 5 heteroatoms. The molecule has 1 aliphatic rings. The molecule has 1 rings (SSSR count). The minimum atomic E-state index is -2.65. The Morgan fingerprint density at radius 1 is 1.29 bits per heavy atom. The van der Waals surface area contributed by atoms with Crippen LogP contribution in [0.3, 0.4) is 0 Å². The third kappa shape index (κ3) is 3.92. The van der Waals surface area contributed by atoms with Gasteiger partial charge in [-0.25, -0.2) is 0 Å². The molecule has 0 bridgehead atoms. The molecule has 0 aromatic heterocycles. The van der Waals surface area contributed by atoms with Crippen molar-refractivity contribution in [2.24, 2.45) is 0 Å². The van der Waals surface area contributed by atoms with E-state index in [1.165, 1.54) is 6.42 Å². The summed E-state index contributed by atoms with van der Waals surface area (Å²) in [6, 6.07) is 0. The molecule has 0 amide bonds. The summed E-state index contributed by atoms with van der Waals surface area (Å²) >= 11 is 11.2. The van der Waals surface area contributed by atoms with Crippen molar-refractivity contribution in [2.75, 3.05) is 6.16 Å². The Hall–Kier alpha value is 0.480. The zero-order valence-electron chi connectivity index (χ0n) is 8.05. The van der Waals surface area contributed by atoms with Crippen molar-refractivity contribution in [3.63, 3.8) is 0 Å². The summed E-state index contributed by atoms with van der Waals surface area (Å²) in [7, 11) is 0. The first-order valence-electron chi connectivity index (χ1n) is 4.99. The minimum Gasteiger partial charge on any atom is -0.306 e. The van der Waals surface area contributed by atoms with Crippen molar-refractivity contribution in [3.05, 3.63) is 0 Å². The van der Waals surface area contributed by atoms with Crippen LogP contribution >= 0.6 is 29.3 Å². The number of halogens is 2. The third-order valence-corrected chi connectivity index (χ3v) is 6.70. The van der Waals surface area contributed by atoms with Gasteiger partial charge in [-0.3, -0.25) is 4.79 Å². The largest absolute Gasteiger partial charge is 0.306 e. The molecule has 1 fully saturated rings. The van der Waals surface area contributed by atoms with Gasteiger partial charge in [0.05, 0.1) is 0 Å². The van der Waals surface area contributed by atoms with E-state index in [4.69, 9.17) is 22.8 Å². The Morgan fingerprint density at radius 3 is 2.36 bits per heavy atom. The van der Waals surface area contributed by atoms with Crippen molar-refractivity contribution in [1.29, 1.82) is 0 Å². The molecule has 2 nitrogen and oxygen atoms in total. The number of rotatable bonds is 4. The van der Waals surface area contributed by atoms with Crippen molar-refractivity contribution < 1.29 is 9.36 Å². The van der Waals surface area contributed by atoms with Crippen LogP contribution < -0.4 is 0 Å². The van der Waals surface area contributed by atoms with Gasteiger partial charge in [0.1, 0.15) is 0 Å². The van der Waals surface area contributed by atoms with E-state index in [-0.39, 0.29) is 18.2 Å². The fraction of sp³-hybridized carbons (Fsp3) is 0.889. The van der Waals surface area contributed by atoms with Gasteiger partial charge in [0.2, 0.25) is 5.24 Å². The number of hydrogen-bond donors (Lipinski definition) is 0. The highest BCUT2D eigenvalue weighted by atomic mass is 35.7. The minimum absolute atomic E-state index is 0.119. The lowest BCUT2D eigenvalue weighted by Gasteiger charge is -2.25. The lowest BCUT2D eigenvalue weighted by Crippen LogP contribution is -2.13. The molecule has 1 saturated carbocycles. The van der Waals surface area contributed by atoms with Crippen molar-refractivity contribution >= 4 is 34.6 Å². The van der Waals surface area contributed by atoms with Crippen LogP contribution in [0.5, 0.6) is 0 Å². The van der Waals surface area contributed by atoms with Gasteiger partial charge in [0, 0.05) is 18.2 Å². The monoisotopic (exact) mass is 256 g/mol. The number of carbonyl (C=O) groups excluding carboxylic acids is 1. The summed E-state index contributed by atoms with van der Waals surface area (Å²) in [5.74, 6) is 0. The van der Waals surface area contributed by atoms with E-state index in [0.717, 1.165) is 25.7 Å². The Bertz CT molecular complexity index is 249. The third-order valence-electron chi connectivity index (χ3n) is 2.73. The molecule has 1 aliphatic carbocycles. The fourth-order valence-corrected chi connectivity index (χ4v) is 4.96. The maximum absolute atomic E-state index is 12.0. The maximum Gasteiger partial charge on any atom is 0.222 e. The van der Waals surface area contributed by atoms with Crippen LogP contribution in [0, 0.1) is 0 Å². The molecular weight excluding hydrogens is 242 g/mol. The van der Waals surface area contributed by atoms with E-state index in [1.807, 2.05) is 0 Å². The van der Waals surface area contributed by atoms with Crippen LogP contribution in [0.15, 0.2) is 0 Å². The Balaban J connectivity index is 2.45. The van der Waals surface area contributed by atoms with E-state index < -0.39 is 11.7 Å². The lowest BCUT2D eigenvalue weighted by atomic mass is 10.0. The van der Waals surface area contributed by atoms with Gasteiger partial charge in [-0.05, 0) is 24.4 Å². The van der Waals surface area contributed by atoms with Gasteiger partial charge >= 0.3 is 0 Å². The average Bonchev–Trinajstić information content (AvgIpc) is 2.16. The smallest absolute Gasteiger partial charge is 0.222 e. The van der Waals surface area contributed by atoms with E-state index in [9.17, 15) is 9.36 Å². The summed E-state index contributed by atoms with van der Waals surface area (Å²) in [5, 5.41) is -0.443. The summed E-state index contributed by atoms with van der Waals surface area (Å²) in [5.41, 5.74) is 0.119. The molecule has 0 heterocycles. The van der Waals surface area contributed by atoms with Gasteiger partial charge in [0.15, 0.2) is 6.49 Å². The second-order valence-electron chi connectivity index (χ2n) is 3.82. The van der Waals surface area contributed by atoms with Crippen LogP contribution in [-0.2, 0) is 9.36 Å². The van der Waals surface area contributed by atoms with Crippen molar-refractivity contribution in [3.8, 4) is 0 Å². The lowest BCUT2D eigenvalue weighted by molar-refractivity contribution is -0.111. The molecule has 1 unspecified atom stereocenters. The van der Waals surface area contributed by atoms with E-state index >= 15 is 0 Å². The normalized spacial score (nSPS) is 23.0. The standard InChI is InChI=1S/C9H15Cl2O2P/c10-9(12)6-7-14(11,13)8-4-2-1-3-5-8/h8H,1-7H2. The first kappa shape index (κ1) is 12.5. The molecule has 1 atom stereocenters. The van der Waals surface area contributed by atoms with Gasteiger partial charge in [0.25, 0.3) is 0 Å². The summed E-state index contributed by atoms with van der Waals surface area (Å²) < 4.78 is 12.0. The van der Waals surface area contributed by atoms with Gasteiger partial charge in [-0.15, -0.1) is 0 Å². The molecule has 0 radical (unpaired) electrons. The molecule has 0 aliphatic heterocycles. The van der Waals surface area contributed by atoms with E-state index in [1.54, 1.807) is 0 Å². The Labute approximate surface area is 94.5 Å². The quantitative estimate of drug-likeness (QED) is 0.563. The second-order valence-corrected chi connectivity index (χ2v) is 8.55. The molecule has 0 saturated heterocycles. The first-order valence-corrected chi connectivity index (χ1v) is 8.23. The molecule has 14 heavy (non-hydrogen) atoms. The number of carbonyl (C=O) groups is 1. The Kier molecular flexibility index (Phi) is 4.96. The van der Waals surface area contributed by atoms with Crippen LogP contribution in [0.1, 0.15) is 38.5 Å². The van der Waals surface area contributed by atoms with Gasteiger partial charge in [-0.2, -0.15) is 0 Å². The molecular formula is C9H15Cl2O2P. The van der Waals surface area contributed by atoms with Crippen molar-refractivity contribution in [2.45, 2.75) is 44.2 Å². The summed E-state index contributed by atoms with van der Waals surface area (Å²) in [6.45, 7) is -2.65. The zero-order valence-corrected chi connectivity index (χ0v) is 10.5. The zero-order chi connectivity index (χ0) is 10.6. The highest BCUT2D eigenvalue weighted by Gasteiger charge is 2.31. The first-order chi connectivity index (χ1) is 6.52. The topological polar surface area (TPSA) is 34.1 Å². The van der Waals surface area contributed by atoms with Gasteiger partial charge < -0.3 is 4.57 Å². The van der Waals surface area contributed by atoms with Crippen LogP contribution in [-0.4, -0.2) is 17.1 Å². The van der Waals surface area contributed by atoms with Crippen LogP contribution in [0.25, 0.3) is 0 Å². The molecule has 0 N–H and O–H groups in total. The highest BCUT2D eigenvalue weighted by Crippen LogP contribution is 2.60. The molecule has 0 spiro atoms. The van der Waals surface area contributed by atoms with Crippen molar-refractivity contribution in [1.82, 2.24) is 0 Å². The molecule has 82 valence electrons. The predicted octanol–water partition coefficient (Wildman–Crippen LogP) is 3.99. The van der Waals surface area contributed by atoms with Crippen LogP contribution in [0.2, 0.25) is 0 Å². The van der Waals surface area contributed by atoms with Crippen LogP contribution in [0.4, 0.5) is 0 Å². The fourth-order valence-electron chi connectivity index (χ4n) is 1.89. The highest BCUT2D eigenvalue weighted by molar-refractivity contribution is 7.89. The molecule has 0 aromatic carbocycles. The maximum atomic E-state index is 12.0. The second kappa shape index (κ2) is 5.53. The SMILES string of the molecule is O=C(Cl)CCP(=O)(Cl)C1CCCCC1. The Morgan fingerprint density at radius 2 is 1.86 bits per heavy atom. The van der Waals surface area contributed by atoms with E-state index in [0.29, 0.717) is 0 Å². The van der Waals surface area contributed by atoms with E-state index in [2.05, 4.69) is 0 Å². The summed E-state index contributed by atoms with van der Waals surface area (Å²) in [6.07, 6.45) is 5.71. The molecule has 0 aromatic rings.